The highest BCUT2D eigenvalue weighted by Crippen LogP contribution is 2.27. The largest absolute Gasteiger partial charge is 0.329 e. The minimum absolute atomic E-state index is 0.316. The van der Waals surface area contributed by atoms with Gasteiger partial charge in [0.2, 0.25) is 0 Å². The summed E-state index contributed by atoms with van der Waals surface area (Å²) >= 11 is 11.6. The van der Waals surface area contributed by atoms with Crippen molar-refractivity contribution in [1.82, 2.24) is 5.32 Å². The minimum Gasteiger partial charge on any atom is -0.326 e. The van der Waals surface area contributed by atoms with E-state index in [0.29, 0.717) is 15.7 Å². The summed E-state index contributed by atoms with van der Waals surface area (Å²) in [4.78, 5) is 24.3. The Labute approximate surface area is 102 Å². The van der Waals surface area contributed by atoms with Gasteiger partial charge in [-0.15, -0.1) is 0 Å². The minimum atomic E-state index is -0.523. The van der Waals surface area contributed by atoms with Gasteiger partial charge in [-0.2, -0.15) is 0 Å². The highest BCUT2D eigenvalue weighted by Gasteiger charge is 2.36. The summed E-state index contributed by atoms with van der Waals surface area (Å²) < 4.78 is 0. The predicted octanol–water partition coefficient (Wildman–Crippen LogP) is 2.44. The molecule has 0 aromatic heterocycles. The summed E-state index contributed by atoms with van der Waals surface area (Å²) in [5, 5.41) is 3.26. The second-order valence-electron chi connectivity index (χ2n) is 3.47. The Balaban J connectivity index is 2.44. The Morgan fingerprint density at radius 2 is 1.75 bits per heavy atom. The number of hydrogen-bond donors (Lipinski definition) is 1. The zero-order valence-corrected chi connectivity index (χ0v) is 9.84. The summed E-state index contributed by atoms with van der Waals surface area (Å²) in [5.74, 6) is -0.316. The van der Waals surface area contributed by atoms with Gasteiger partial charge >= 0.3 is 6.03 Å². The number of halogens is 2. The van der Waals surface area contributed by atoms with Crippen molar-refractivity contribution >= 4 is 40.8 Å². The highest BCUT2D eigenvalue weighted by atomic mass is 35.5. The molecule has 6 heteroatoms. The molecule has 2 rings (SSSR count). The lowest BCUT2D eigenvalue weighted by Gasteiger charge is -2.13. The molecule has 1 N–H and O–H groups in total. The summed E-state index contributed by atoms with van der Waals surface area (Å²) in [6.45, 7) is 1.62. The number of amides is 3. The van der Waals surface area contributed by atoms with Gasteiger partial charge in [-0.05, 0) is 25.1 Å². The molecule has 16 heavy (non-hydrogen) atoms. The van der Waals surface area contributed by atoms with Crippen LogP contribution >= 0.6 is 23.2 Å². The van der Waals surface area contributed by atoms with Crippen molar-refractivity contribution in [2.75, 3.05) is 4.90 Å². The maximum atomic E-state index is 11.7. The smallest absolute Gasteiger partial charge is 0.326 e. The first-order valence-corrected chi connectivity index (χ1v) is 5.35. The Morgan fingerprint density at radius 3 is 2.19 bits per heavy atom. The summed E-state index contributed by atoms with van der Waals surface area (Å²) in [6, 6.07) is 3.58. The lowest BCUT2D eigenvalue weighted by molar-refractivity contribution is -0.117. The molecule has 0 saturated carbocycles. The van der Waals surface area contributed by atoms with Crippen LogP contribution in [0.5, 0.6) is 0 Å². The van der Waals surface area contributed by atoms with E-state index >= 15 is 0 Å². The van der Waals surface area contributed by atoms with Gasteiger partial charge < -0.3 is 5.32 Å². The molecule has 1 heterocycles. The molecule has 0 unspecified atom stereocenters. The molecule has 3 amide bonds. The van der Waals surface area contributed by atoms with Gasteiger partial charge in [0.15, 0.2) is 0 Å². The second kappa shape index (κ2) is 3.96. The van der Waals surface area contributed by atoms with Gasteiger partial charge in [-0.25, -0.2) is 9.69 Å². The third-order valence-corrected chi connectivity index (χ3v) is 2.68. The maximum absolute atomic E-state index is 11.7. The monoisotopic (exact) mass is 258 g/mol. The molecular formula is C10H8Cl2N2O2. The van der Waals surface area contributed by atoms with Crippen molar-refractivity contribution < 1.29 is 9.59 Å². The van der Waals surface area contributed by atoms with Crippen LogP contribution in [0.4, 0.5) is 10.5 Å². The summed E-state index contributed by atoms with van der Waals surface area (Å²) in [7, 11) is 0. The van der Waals surface area contributed by atoms with Crippen molar-refractivity contribution in [2.45, 2.75) is 13.0 Å². The van der Waals surface area contributed by atoms with E-state index in [1.807, 2.05) is 0 Å². The Bertz CT molecular complexity index is 456. The van der Waals surface area contributed by atoms with Crippen LogP contribution in [0.1, 0.15) is 6.92 Å². The number of anilines is 1. The van der Waals surface area contributed by atoms with Crippen LogP contribution in [0, 0.1) is 0 Å². The lowest BCUT2D eigenvalue weighted by atomic mass is 10.2. The van der Waals surface area contributed by atoms with Crippen LogP contribution in [0.25, 0.3) is 0 Å². The zero-order valence-electron chi connectivity index (χ0n) is 8.33. The Hall–Kier alpha value is -1.26. The standard InChI is InChI=1S/C10H8Cl2N2O2/c1-5-9(15)14(10(16)13-5)8-3-6(11)2-7(12)4-8/h2-5H,1H3,(H,13,16)/t5-/m0/s1. The van der Waals surface area contributed by atoms with Gasteiger partial charge in [0.1, 0.15) is 6.04 Å². The number of carbonyl (C=O) groups is 2. The third kappa shape index (κ3) is 1.86. The maximum Gasteiger partial charge on any atom is 0.329 e. The number of urea groups is 1. The van der Waals surface area contributed by atoms with E-state index in [9.17, 15) is 9.59 Å². The van der Waals surface area contributed by atoms with E-state index < -0.39 is 12.1 Å². The van der Waals surface area contributed by atoms with E-state index in [-0.39, 0.29) is 5.91 Å². The molecule has 84 valence electrons. The number of carbonyl (C=O) groups excluding carboxylic acids is 2. The van der Waals surface area contributed by atoms with Crippen molar-refractivity contribution in [2.24, 2.45) is 0 Å². The molecule has 0 bridgehead atoms. The first-order chi connectivity index (χ1) is 7.49. The van der Waals surface area contributed by atoms with Gasteiger partial charge in [0, 0.05) is 10.0 Å². The highest BCUT2D eigenvalue weighted by molar-refractivity contribution is 6.35. The van der Waals surface area contributed by atoms with Gasteiger partial charge in [0.05, 0.1) is 5.69 Å². The van der Waals surface area contributed by atoms with Crippen LogP contribution in [0.2, 0.25) is 10.0 Å². The zero-order chi connectivity index (χ0) is 11.9. The van der Waals surface area contributed by atoms with Crippen molar-refractivity contribution in [3.05, 3.63) is 28.2 Å². The molecule has 1 aromatic carbocycles. The molecule has 1 atom stereocenters. The first kappa shape index (κ1) is 11.2. The van der Waals surface area contributed by atoms with E-state index in [4.69, 9.17) is 23.2 Å². The molecular weight excluding hydrogens is 251 g/mol. The SMILES string of the molecule is C[C@@H]1NC(=O)N(c2cc(Cl)cc(Cl)c2)C1=O. The number of rotatable bonds is 1. The fraction of sp³-hybridized carbons (Fsp3) is 0.200. The number of imide groups is 1. The third-order valence-electron chi connectivity index (χ3n) is 2.24. The molecule has 0 radical (unpaired) electrons. The predicted molar refractivity (Wildman–Crippen MR) is 61.9 cm³/mol. The topological polar surface area (TPSA) is 49.4 Å². The molecule has 0 aliphatic carbocycles. The fourth-order valence-electron chi connectivity index (χ4n) is 1.52. The van der Waals surface area contributed by atoms with E-state index in [1.165, 1.54) is 18.2 Å². The van der Waals surface area contributed by atoms with Crippen LogP contribution in [0.3, 0.4) is 0 Å². The normalized spacial score (nSPS) is 20.2. The molecule has 4 nitrogen and oxygen atoms in total. The summed E-state index contributed by atoms with van der Waals surface area (Å²) in [5.41, 5.74) is 0.379. The molecule has 1 fully saturated rings. The Morgan fingerprint density at radius 1 is 1.19 bits per heavy atom. The van der Waals surface area contributed by atoms with Gasteiger partial charge in [0.25, 0.3) is 5.91 Å². The molecule has 1 aliphatic heterocycles. The Kier molecular flexibility index (Phi) is 2.78. The molecule has 1 aliphatic rings. The van der Waals surface area contributed by atoms with Gasteiger partial charge in [-0.1, -0.05) is 23.2 Å². The van der Waals surface area contributed by atoms with E-state index in [0.717, 1.165) is 4.90 Å². The van der Waals surface area contributed by atoms with Crippen LogP contribution in [-0.2, 0) is 4.79 Å². The van der Waals surface area contributed by atoms with Crippen LogP contribution in [0.15, 0.2) is 18.2 Å². The van der Waals surface area contributed by atoms with E-state index in [2.05, 4.69) is 5.32 Å². The van der Waals surface area contributed by atoms with Crippen LogP contribution in [-0.4, -0.2) is 18.0 Å². The average Bonchev–Trinajstić information content (AvgIpc) is 2.39. The average molecular weight is 259 g/mol. The number of benzene rings is 1. The first-order valence-electron chi connectivity index (χ1n) is 4.59. The quantitative estimate of drug-likeness (QED) is 0.787. The van der Waals surface area contributed by atoms with Crippen molar-refractivity contribution in [3.8, 4) is 0 Å². The number of hydrogen-bond acceptors (Lipinski definition) is 2. The summed E-state index contributed by atoms with van der Waals surface area (Å²) in [6.07, 6.45) is 0. The molecule has 1 aromatic rings. The fourth-order valence-corrected chi connectivity index (χ4v) is 2.03. The second-order valence-corrected chi connectivity index (χ2v) is 4.35. The molecule has 0 spiro atoms. The molecule has 1 saturated heterocycles. The van der Waals surface area contributed by atoms with Crippen molar-refractivity contribution in [3.63, 3.8) is 0 Å². The van der Waals surface area contributed by atoms with Crippen molar-refractivity contribution in [1.29, 1.82) is 0 Å². The van der Waals surface area contributed by atoms with Crippen LogP contribution < -0.4 is 10.2 Å². The lowest BCUT2D eigenvalue weighted by Crippen LogP contribution is -2.30. The number of nitrogens with one attached hydrogen (secondary N) is 1. The number of nitrogens with zero attached hydrogens (tertiary/aromatic N) is 1. The van der Waals surface area contributed by atoms with Gasteiger partial charge in [-0.3, -0.25) is 4.79 Å². The van der Waals surface area contributed by atoms with E-state index in [1.54, 1.807) is 6.92 Å².